The maximum absolute atomic E-state index is 13.2. The van der Waals surface area contributed by atoms with Crippen LogP contribution in [0.4, 0.5) is 13.2 Å². The van der Waals surface area contributed by atoms with Gasteiger partial charge in [-0.15, -0.1) is 15.0 Å². The van der Waals surface area contributed by atoms with Crippen LogP contribution in [0.25, 0.3) is 16.7 Å². The summed E-state index contributed by atoms with van der Waals surface area (Å²) in [5, 5.41) is 9.14. The Morgan fingerprint density at radius 2 is 1.73 bits per heavy atom. The Morgan fingerprint density at radius 1 is 1.03 bits per heavy atom. The summed E-state index contributed by atoms with van der Waals surface area (Å²) in [6.45, 7) is 1.62. The molecular formula is C23H17ClF3N3O3. The van der Waals surface area contributed by atoms with E-state index in [0.29, 0.717) is 21.7 Å². The monoisotopic (exact) mass is 475 g/mol. The predicted octanol–water partition coefficient (Wildman–Crippen LogP) is 5.78. The van der Waals surface area contributed by atoms with Gasteiger partial charge in [0.2, 0.25) is 6.10 Å². The van der Waals surface area contributed by atoms with Crippen LogP contribution in [0.2, 0.25) is 5.02 Å². The van der Waals surface area contributed by atoms with Gasteiger partial charge < -0.3 is 9.47 Å². The molecule has 0 saturated carbocycles. The summed E-state index contributed by atoms with van der Waals surface area (Å²) in [6, 6.07) is 16.1. The van der Waals surface area contributed by atoms with Crippen molar-refractivity contribution in [2.24, 2.45) is 0 Å². The van der Waals surface area contributed by atoms with Crippen LogP contribution in [0, 0.1) is 0 Å². The first kappa shape index (κ1) is 22.6. The molecular weight excluding hydrogens is 459 g/mol. The summed E-state index contributed by atoms with van der Waals surface area (Å²) in [6.07, 6.45) is -6.04. The van der Waals surface area contributed by atoms with E-state index >= 15 is 0 Å². The first-order valence-electron chi connectivity index (χ1n) is 9.88. The third kappa shape index (κ3) is 4.93. The molecule has 10 heteroatoms. The van der Waals surface area contributed by atoms with Gasteiger partial charge in [0.15, 0.2) is 0 Å². The lowest BCUT2D eigenvalue weighted by Crippen LogP contribution is -2.23. The molecule has 3 aromatic carbocycles. The first-order chi connectivity index (χ1) is 15.8. The van der Waals surface area contributed by atoms with E-state index in [9.17, 15) is 18.0 Å². The second-order valence-electron chi connectivity index (χ2n) is 6.96. The van der Waals surface area contributed by atoms with Crippen molar-refractivity contribution >= 4 is 28.6 Å². The zero-order valence-electron chi connectivity index (χ0n) is 17.2. The van der Waals surface area contributed by atoms with Crippen molar-refractivity contribution in [3.63, 3.8) is 0 Å². The van der Waals surface area contributed by atoms with E-state index in [0.717, 1.165) is 12.1 Å². The Labute approximate surface area is 191 Å². The van der Waals surface area contributed by atoms with Gasteiger partial charge in [0.25, 0.3) is 0 Å². The fourth-order valence-corrected chi connectivity index (χ4v) is 3.36. The molecule has 1 unspecified atom stereocenters. The van der Waals surface area contributed by atoms with Crippen LogP contribution in [-0.2, 0) is 15.7 Å². The van der Waals surface area contributed by atoms with Gasteiger partial charge in [-0.25, -0.2) is 4.79 Å². The molecule has 0 fully saturated rings. The largest absolute Gasteiger partial charge is 0.472 e. The van der Waals surface area contributed by atoms with Gasteiger partial charge in [-0.05, 0) is 49.4 Å². The van der Waals surface area contributed by atoms with E-state index in [4.69, 9.17) is 21.1 Å². The van der Waals surface area contributed by atoms with Crippen LogP contribution in [-0.4, -0.2) is 27.6 Å². The number of carbonyl (C=O) groups is 1. The van der Waals surface area contributed by atoms with Gasteiger partial charge in [0.05, 0.1) is 12.2 Å². The summed E-state index contributed by atoms with van der Waals surface area (Å²) < 4.78 is 50.7. The number of ether oxygens (including phenoxy) is 2. The minimum Gasteiger partial charge on any atom is -0.472 e. The number of carbonyl (C=O) groups excluding carboxylic acids is 1. The lowest BCUT2D eigenvalue weighted by molar-refractivity contribution is -0.152. The number of rotatable bonds is 6. The van der Waals surface area contributed by atoms with Gasteiger partial charge in [0, 0.05) is 10.6 Å². The highest BCUT2D eigenvalue weighted by molar-refractivity contribution is 6.30. The van der Waals surface area contributed by atoms with Crippen molar-refractivity contribution < 1.29 is 27.4 Å². The fourth-order valence-electron chi connectivity index (χ4n) is 3.19. The molecule has 0 N–H and O–H groups in total. The van der Waals surface area contributed by atoms with Crippen molar-refractivity contribution in [3.05, 3.63) is 82.9 Å². The number of hydrogen-bond donors (Lipinski definition) is 0. The molecule has 4 rings (SSSR count). The van der Waals surface area contributed by atoms with Crippen LogP contribution in [0.1, 0.15) is 24.2 Å². The molecule has 0 amide bonds. The third-order valence-electron chi connectivity index (χ3n) is 4.69. The van der Waals surface area contributed by atoms with Gasteiger partial charge in [-0.1, -0.05) is 35.9 Å². The Morgan fingerprint density at radius 3 is 2.36 bits per heavy atom. The predicted molar refractivity (Wildman–Crippen MR) is 115 cm³/mol. The lowest BCUT2D eigenvalue weighted by atomic mass is 10.1. The maximum Gasteiger partial charge on any atom is 0.416 e. The number of nitrogens with zero attached hydrogens (tertiary/aromatic N) is 3. The molecule has 0 bridgehead atoms. The SMILES string of the molecule is CCOC(=O)C(Oc1ccc(Cl)cc1-n1nc2ccccc2n1)c1cccc(C(F)(F)F)c1. The quantitative estimate of drug-likeness (QED) is 0.331. The number of benzene rings is 3. The van der Waals surface area contributed by atoms with E-state index in [1.807, 2.05) is 0 Å². The van der Waals surface area contributed by atoms with E-state index in [2.05, 4.69) is 10.2 Å². The van der Waals surface area contributed by atoms with E-state index in [1.165, 1.54) is 35.1 Å². The molecule has 1 heterocycles. The molecule has 0 spiro atoms. The lowest BCUT2D eigenvalue weighted by Gasteiger charge is -2.20. The number of esters is 1. The summed E-state index contributed by atoms with van der Waals surface area (Å²) in [5.41, 5.74) is 0.614. The van der Waals surface area contributed by atoms with Crippen molar-refractivity contribution in [1.29, 1.82) is 0 Å². The highest BCUT2D eigenvalue weighted by Crippen LogP contribution is 2.34. The fraction of sp³-hybridized carbons (Fsp3) is 0.174. The summed E-state index contributed by atoms with van der Waals surface area (Å²) in [5.74, 6) is -0.702. The number of halogens is 4. The molecule has 6 nitrogen and oxygen atoms in total. The third-order valence-corrected chi connectivity index (χ3v) is 4.92. The van der Waals surface area contributed by atoms with Crippen LogP contribution in [0.5, 0.6) is 5.75 Å². The van der Waals surface area contributed by atoms with Crippen molar-refractivity contribution in [2.75, 3.05) is 6.61 Å². The van der Waals surface area contributed by atoms with Gasteiger partial charge in [-0.2, -0.15) is 13.2 Å². The average Bonchev–Trinajstić information content (AvgIpc) is 3.22. The van der Waals surface area contributed by atoms with Gasteiger partial charge in [0.1, 0.15) is 22.5 Å². The van der Waals surface area contributed by atoms with E-state index in [-0.39, 0.29) is 17.9 Å². The Bertz CT molecular complexity index is 1270. The second-order valence-corrected chi connectivity index (χ2v) is 7.40. The topological polar surface area (TPSA) is 66.2 Å². The molecule has 1 atom stereocenters. The molecule has 0 radical (unpaired) electrons. The molecule has 0 aliphatic rings. The van der Waals surface area contributed by atoms with Crippen molar-refractivity contribution in [3.8, 4) is 11.4 Å². The van der Waals surface area contributed by atoms with Crippen LogP contribution in [0.3, 0.4) is 0 Å². The smallest absolute Gasteiger partial charge is 0.416 e. The number of alkyl halides is 3. The maximum atomic E-state index is 13.2. The molecule has 33 heavy (non-hydrogen) atoms. The van der Waals surface area contributed by atoms with E-state index < -0.39 is 23.8 Å². The first-order valence-corrected chi connectivity index (χ1v) is 10.3. The zero-order valence-corrected chi connectivity index (χ0v) is 18.0. The van der Waals surface area contributed by atoms with Crippen molar-refractivity contribution in [2.45, 2.75) is 19.2 Å². The molecule has 170 valence electrons. The average molecular weight is 476 g/mol. The molecule has 1 aromatic heterocycles. The summed E-state index contributed by atoms with van der Waals surface area (Å²) >= 11 is 6.16. The van der Waals surface area contributed by atoms with E-state index in [1.54, 1.807) is 31.2 Å². The minimum atomic E-state index is -4.58. The van der Waals surface area contributed by atoms with Crippen molar-refractivity contribution in [1.82, 2.24) is 15.0 Å². The Hall–Kier alpha value is -3.59. The second kappa shape index (κ2) is 9.11. The standard InChI is InChI=1S/C23H17ClF3N3O3/c1-2-32-22(31)21(14-6-5-7-15(12-14)23(25,26)27)33-20-11-10-16(24)13-19(20)30-28-17-8-3-4-9-18(17)29-30/h3-13,21H,2H2,1H3. The highest BCUT2D eigenvalue weighted by atomic mass is 35.5. The molecule has 0 aliphatic carbocycles. The number of fused-ring (bicyclic) bond motifs is 1. The van der Waals surface area contributed by atoms with Crippen LogP contribution < -0.4 is 4.74 Å². The Kier molecular flexibility index (Phi) is 6.24. The summed E-state index contributed by atoms with van der Waals surface area (Å²) in [7, 11) is 0. The van der Waals surface area contributed by atoms with Gasteiger partial charge in [-0.3, -0.25) is 0 Å². The van der Waals surface area contributed by atoms with Crippen LogP contribution >= 0.6 is 11.6 Å². The number of hydrogen-bond acceptors (Lipinski definition) is 5. The highest BCUT2D eigenvalue weighted by Gasteiger charge is 2.33. The zero-order chi connectivity index (χ0) is 23.6. The normalized spacial score (nSPS) is 12.5. The minimum absolute atomic E-state index is 0.0113. The summed E-state index contributed by atoms with van der Waals surface area (Å²) in [4.78, 5) is 14.0. The molecule has 0 aliphatic heterocycles. The van der Waals surface area contributed by atoms with Gasteiger partial charge >= 0.3 is 12.1 Å². The number of aromatic nitrogens is 3. The van der Waals surface area contributed by atoms with Crippen LogP contribution in [0.15, 0.2) is 66.7 Å². The molecule has 4 aromatic rings. The molecule has 0 saturated heterocycles. The Balaban J connectivity index is 1.78.